The average Bonchev–Trinajstić information content (AvgIpc) is 3.25. The molecule has 33 heavy (non-hydrogen) atoms. The summed E-state index contributed by atoms with van der Waals surface area (Å²) < 4.78 is 28.9. The van der Waals surface area contributed by atoms with Gasteiger partial charge in [0, 0.05) is 15.5 Å². The number of hydrogen-bond donors (Lipinski definition) is 1. The lowest BCUT2D eigenvalue weighted by atomic mass is 10.0. The Hall–Kier alpha value is -3.16. The molecule has 0 fully saturated rings. The van der Waals surface area contributed by atoms with Crippen LogP contribution in [0.25, 0.3) is 10.8 Å². The molecular weight excluding hydrogens is 500 g/mol. The van der Waals surface area contributed by atoms with Crippen molar-refractivity contribution in [3.63, 3.8) is 0 Å². The Balaban J connectivity index is 1.48. The maximum Gasteiger partial charge on any atom is 0.264 e. The zero-order valence-corrected chi connectivity index (χ0v) is 20.1. The van der Waals surface area contributed by atoms with Gasteiger partial charge in [0.05, 0.1) is 10.6 Å². The standard InChI is InChI=1S/C26H21BrN2O3S/c27-20-12-14-21(15-13-20)29(33(31,32)22-6-2-1-3-7-22)17-25(30)28-24-16-11-19-10-9-18-5-4-8-23(24)26(18)19/h1-8,11-16H,9-10,17H2,(H,28,30). The molecule has 0 bridgehead atoms. The van der Waals surface area contributed by atoms with Crippen LogP contribution < -0.4 is 9.62 Å². The Kier molecular flexibility index (Phi) is 5.68. The Morgan fingerprint density at radius 3 is 2.27 bits per heavy atom. The summed E-state index contributed by atoms with van der Waals surface area (Å²) in [4.78, 5) is 13.3. The molecule has 1 N–H and O–H groups in total. The predicted molar refractivity (Wildman–Crippen MR) is 135 cm³/mol. The number of amides is 1. The Morgan fingerprint density at radius 1 is 0.848 bits per heavy atom. The Bertz CT molecular complexity index is 1440. The number of nitrogens with zero attached hydrogens (tertiary/aromatic N) is 1. The summed E-state index contributed by atoms with van der Waals surface area (Å²) >= 11 is 3.38. The number of hydrogen-bond acceptors (Lipinski definition) is 3. The second kappa shape index (κ2) is 8.65. The zero-order valence-electron chi connectivity index (χ0n) is 17.7. The van der Waals surface area contributed by atoms with Gasteiger partial charge in [0.1, 0.15) is 6.54 Å². The summed E-state index contributed by atoms with van der Waals surface area (Å²) in [6.07, 6.45) is 1.99. The van der Waals surface area contributed by atoms with Crippen molar-refractivity contribution in [3.05, 3.63) is 101 Å². The van der Waals surface area contributed by atoms with E-state index in [-0.39, 0.29) is 11.4 Å². The van der Waals surface area contributed by atoms with Gasteiger partial charge in [-0.3, -0.25) is 9.10 Å². The second-order valence-electron chi connectivity index (χ2n) is 7.96. The number of nitrogens with one attached hydrogen (secondary N) is 1. The van der Waals surface area contributed by atoms with Gasteiger partial charge in [-0.25, -0.2) is 8.42 Å². The molecule has 4 aromatic rings. The molecule has 1 aliphatic rings. The number of benzene rings is 4. The summed E-state index contributed by atoms with van der Waals surface area (Å²) in [7, 11) is -3.94. The molecule has 4 aromatic carbocycles. The third-order valence-electron chi connectivity index (χ3n) is 5.88. The number of anilines is 2. The number of carbonyl (C=O) groups is 1. The van der Waals surface area contributed by atoms with Crippen molar-refractivity contribution in [2.75, 3.05) is 16.2 Å². The molecular formula is C26H21BrN2O3S. The van der Waals surface area contributed by atoms with Crippen LogP contribution in [0, 0.1) is 0 Å². The van der Waals surface area contributed by atoms with Crippen molar-refractivity contribution in [2.45, 2.75) is 17.7 Å². The van der Waals surface area contributed by atoms with Gasteiger partial charge < -0.3 is 5.32 Å². The molecule has 7 heteroatoms. The van der Waals surface area contributed by atoms with Gasteiger partial charge in [0.25, 0.3) is 10.0 Å². The third-order valence-corrected chi connectivity index (χ3v) is 8.20. The van der Waals surface area contributed by atoms with Crippen molar-refractivity contribution >= 4 is 54.0 Å². The van der Waals surface area contributed by atoms with E-state index in [1.54, 1.807) is 42.5 Å². The second-order valence-corrected chi connectivity index (χ2v) is 10.7. The first-order chi connectivity index (χ1) is 15.9. The maximum atomic E-state index is 13.4. The third kappa shape index (κ3) is 4.14. The average molecular weight is 521 g/mol. The van der Waals surface area contributed by atoms with Gasteiger partial charge in [-0.2, -0.15) is 0 Å². The minimum atomic E-state index is -3.94. The molecule has 0 saturated carbocycles. The number of carbonyl (C=O) groups excluding carboxylic acids is 1. The van der Waals surface area contributed by atoms with Gasteiger partial charge >= 0.3 is 0 Å². The van der Waals surface area contributed by atoms with Crippen molar-refractivity contribution in [1.29, 1.82) is 0 Å². The van der Waals surface area contributed by atoms with E-state index in [2.05, 4.69) is 27.3 Å². The molecule has 0 radical (unpaired) electrons. The molecule has 0 aromatic heterocycles. The highest BCUT2D eigenvalue weighted by Gasteiger charge is 2.27. The summed E-state index contributed by atoms with van der Waals surface area (Å²) in [5, 5.41) is 5.12. The fraction of sp³-hybridized carbons (Fsp3) is 0.115. The minimum absolute atomic E-state index is 0.131. The van der Waals surface area contributed by atoms with Crippen LogP contribution in [0.1, 0.15) is 11.1 Å². The molecule has 0 spiro atoms. The lowest BCUT2D eigenvalue weighted by Gasteiger charge is -2.24. The fourth-order valence-corrected chi connectivity index (χ4v) is 6.02. The van der Waals surface area contributed by atoms with E-state index in [9.17, 15) is 13.2 Å². The van der Waals surface area contributed by atoms with Crippen molar-refractivity contribution < 1.29 is 13.2 Å². The van der Waals surface area contributed by atoms with Crippen LogP contribution in [0.15, 0.2) is 94.3 Å². The molecule has 5 nitrogen and oxygen atoms in total. The summed E-state index contributed by atoms with van der Waals surface area (Å²) in [6.45, 7) is -0.345. The molecule has 1 aliphatic carbocycles. The fourth-order valence-electron chi connectivity index (χ4n) is 4.32. The lowest BCUT2D eigenvalue weighted by Crippen LogP contribution is -2.38. The molecule has 0 heterocycles. The quantitative estimate of drug-likeness (QED) is 0.363. The van der Waals surface area contributed by atoms with Gasteiger partial charge in [-0.15, -0.1) is 0 Å². The Morgan fingerprint density at radius 2 is 1.55 bits per heavy atom. The van der Waals surface area contributed by atoms with Crippen molar-refractivity contribution in [1.82, 2.24) is 0 Å². The number of rotatable bonds is 6. The van der Waals surface area contributed by atoms with Crippen LogP contribution in [-0.2, 0) is 27.7 Å². The van der Waals surface area contributed by atoms with E-state index in [0.717, 1.165) is 27.0 Å². The SMILES string of the molecule is O=C(CN(c1ccc(Br)cc1)S(=O)(=O)c1ccccc1)Nc1ccc2c3c(cccc13)CC2. The number of halogens is 1. The molecule has 0 saturated heterocycles. The van der Waals surface area contributed by atoms with Gasteiger partial charge in [-0.1, -0.05) is 58.4 Å². The predicted octanol–water partition coefficient (Wildman–Crippen LogP) is 5.53. The highest BCUT2D eigenvalue weighted by molar-refractivity contribution is 9.10. The van der Waals surface area contributed by atoms with Crippen LogP contribution in [0.3, 0.4) is 0 Å². The molecule has 0 unspecified atom stereocenters. The highest BCUT2D eigenvalue weighted by Crippen LogP contribution is 2.35. The molecule has 5 rings (SSSR count). The molecule has 0 aliphatic heterocycles. The van der Waals surface area contributed by atoms with E-state index < -0.39 is 15.9 Å². The van der Waals surface area contributed by atoms with Crippen molar-refractivity contribution in [3.8, 4) is 0 Å². The van der Waals surface area contributed by atoms with Crippen LogP contribution in [0.4, 0.5) is 11.4 Å². The van der Waals surface area contributed by atoms with E-state index in [0.29, 0.717) is 11.4 Å². The summed E-state index contributed by atoms with van der Waals surface area (Å²) in [5.41, 5.74) is 3.66. The highest BCUT2D eigenvalue weighted by atomic mass is 79.9. The smallest absolute Gasteiger partial charge is 0.264 e. The Labute approximate surface area is 201 Å². The largest absolute Gasteiger partial charge is 0.324 e. The van der Waals surface area contributed by atoms with E-state index >= 15 is 0 Å². The first kappa shape index (κ1) is 21.7. The van der Waals surface area contributed by atoms with Crippen LogP contribution in [0.2, 0.25) is 0 Å². The van der Waals surface area contributed by atoms with Crippen molar-refractivity contribution in [2.24, 2.45) is 0 Å². The van der Waals surface area contributed by atoms with E-state index in [1.807, 2.05) is 24.3 Å². The summed E-state index contributed by atoms with van der Waals surface area (Å²) in [6, 6.07) is 25.1. The number of sulfonamides is 1. The van der Waals surface area contributed by atoms with Crippen LogP contribution >= 0.6 is 15.9 Å². The minimum Gasteiger partial charge on any atom is -0.324 e. The van der Waals surface area contributed by atoms with E-state index in [4.69, 9.17) is 0 Å². The van der Waals surface area contributed by atoms with Crippen LogP contribution in [0.5, 0.6) is 0 Å². The molecule has 166 valence electrons. The van der Waals surface area contributed by atoms with Crippen LogP contribution in [-0.4, -0.2) is 20.9 Å². The monoisotopic (exact) mass is 520 g/mol. The first-order valence-corrected chi connectivity index (χ1v) is 12.8. The van der Waals surface area contributed by atoms with E-state index in [1.165, 1.54) is 28.6 Å². The van der Waals surface area contributed by atoms with Gasteiger partial charge in [-0.05, 0) is 71.8 Å². The normalized spacial score (nSPS) is 12.6. The maximum absolute atomic E-state index is 13.4. The topological polar surface area (TPSA) is 66.5 Å². The van der Waals surface area contributed by atoms with Gasteiger partial charge in [0.15, 0.2) is 0 Å². The zero-order chi connectivity index (χ0) is 23.0. The summed E-state index contributed by atoms with van der Waals surface area (Å²) in [5.74, 6) is -0.406. The van der Waals surface area contributed by atoms with Gasteiger partial charge in [0.2, 0.25) is 5.91 Å². The lowest BCUT2D eigenvalue weighted by molar-refractivity contribution is -0.114. The number of aryl methyl sites for hydroxylation is 2. The first-order valence-electron chi connectivity index (χ1n) is 10.6. The molecule has 0 atom stereocenters. The molecule has 1 amide bonds.